The highest BCUT2D eigenvalue weighted by molar-refractivity contribution is 7.49. The molecule has 94 valence electrons. The summed E-state index contributed by atoms with van der Waals surface area (Å²) in [6.07, 6.45) is 0. The second-order valence-corrected chi connectivity index (χ2v) is 5.89. The fourth-order valence-corrected chi connectivity index (χ4v) is 3.16. The first-order chi connectivity index (χ1) is 8.04. The first-order valence-corrected chi connectivity index (χ1v) is 7.41. The molecule has 0 aliphatic carbocycles. The van der Waals surface area contributed by atoms with Gasteiger partial charge in [0.2, 0.25) is 0 Å². The number of phosphoric acid groups is 1. The van der Waals surface area contributed by atoms with Crippen LogP contribution in [-0.2, 0) is 13.6 Å². The van der Waals surface area contributed by atoms with Crippen LogP contribution in [0.3, 0.4) is 0 Å². The summed E-state index contributed by atoms with van der Waals surface area (Å²) in [5.74, 6) is 0.250. The van der Waals surface area contributed by atoms with Gasteiger partial charge in [0.25, 0.3) is 0 Å². The molecule has 1 heterocycles. The molecule has 0 fully saturated rings. The van der Waals surface area contributed by atoms with Crippen molar-refractivity contribution in [1.82, 2.24) is 0 Å². The van der Waals surface area contributed by atoms with E-state index < -0.39 is 7.82 Å². The van der Waals surface area contributed by atoms with Gasteiger partial charge in [0.1, 0.15) is 10.9 Å². The molecule has 0 aromatic carbocycles. The summed E-state index contributed by atoms with van der Waals surface area (Å²) in [4.78, 5) is 1.26. The highest BCUT2D eigenvalue weighted by atomic mass is 32.1. The molecule has 0 unspecified atom stereocenters. The van der Waals surface area contributed by atoms with E-state index in [1.807, 2.05) is 13.0 Å². The van der Waals surface area contributed by atoms with E-state index in [1.54, 1.807) is 19.9 Å². The second-order valence-electron chi connectivity index (χ2n) is 3.04. The Morgan fingerprint density at radius 2 is 2.00 bits per heavy atom. The summed E-state index contributed by atoms with van der Waals surface area (Å²) >= 11 is 1.27. The van der Waals surface area contributed by atoms with Crippen molar-refractivity contribution in [3.8, 4) is 11.8 Å². The van der Waals surface area contributed by atoms with Crippen LogP contribution in [0.1, 0.15) is 23.6 Å². The van der Waals surface area contributed by atoms with Crippen LogP contribution in [0.25, 0.3) is 0 Å². The van der Waals surface area contributed by atoms with Gasteiger partial charge in [0, 0.05) is 4.88 Å². The van der Waals surface area contributed by atoms with Crippen molar-refractivity contribution in [3.05, 3.63) is 15.8 Å². The van der Waals surface area contributed by atoms with Gasteiger partial charge in [-0.25, -0.2) is 4.57 Å². The highest BCUT2D eigenvalue weighted by Gasteiger charge is 2.29. The minimum atomic E-state index is -3.61. The number of aryl methyl sites for hydroxylation is 1. The van der Waals surface area contributed by atoms with Gasteiger partial charge in [-0.3, -0.25) is 9.05 Å². The van der Waals surface area contributed by atoms with E-state index in [0.717, 1.165) is 4.88 Å². The summed E-state index contributed by atoms with van der Waals surface area (Å²) in [6, 6.07) is 3.63. The van der Waals surface area contributed by atoms with Gasteiger partial charge in [-0.1, -0.05) is 0 Å². The van der Waals surface area contributed by atoms with E-state index in [-0.39, 0.29) is 19.0 Å². The third kappa shape index (κ3) is 3.83. The van der Waals surface area contributed by atoms with Crippen LogP contribution < -0.4 is 4.52 Å². The molecule has 0 amide bonds. The summed E-state index contributed by atoms with van der Waals surface area (Å²) < 4.78 is 27.3. The Labute approximate surface area is 105 Å². The summed E-state index contributed by atoms with van der Waals surface area (Å²) in [5.41, 5.74) is 0. The maximum Gasteiger partial charge on any atom is 0.530 e. The molecular formula is C10H14NO4PS. The molecule has 1 rings (SSSR count). The smallest absolute Gasteiger partial charge is 0.402 e. The number of nitriles is 1. The zero-order valence-corrected chi connectivity index (χ0v) is 11.6. The molecule has 0 saturated heterocycles. The van der Waals surface area contributed by atoms with E-state index in [1.165, 1.54) is 11.3 Å². The number of hydrogen-bond acceptors (Lipinski definition) is 6. The molecule has 5 nitrogen and oxygen atoms in total. The van der Waals surface area contributed by atoms with Gasteiger partial charge in [-0.2, -0.15) is 5.26 Å². The number of thiophene rings is 1. The molecule has 0 saturated carbocycles. The molecule has 7 heteroatoms. The second kappa shape index (κ2) is 6.18. The summed E-state index contributed by atoms with van der Waals surface area (Å²) in [7, 11) is -3.61. The molecule has 1 aromatic heterocycles. The number of rotatable bonds is 6. The lowest BCUT2D eigenvalue weighted by Gasteiger charge is -2.16. The van der Waals surface area contributed by atoms with Crippen LogP contribution >= 0.6 is 19.2 Å². The fourth-order valence-electron chi connectivity index (χ4n) is 1.16. The van der Waals surface area contributed by atoms with Crippen molar-refractivity contribution < 1.29 is 18.1 Å². The normalized spacial score (nSPS) is 11.2. The van der Waals surface area contributed by atoms with Crippen LogP contribution in [0.5, 0.6) is 5.75 Å². The Balaban J connectivity index is 2.93. The lowest BCUT2D eigenvalue weighted by atomic mass is 10.4. The lowest BCUT2D eigenvalue weighted by Crippen LogP contribution is -2.02. The predicted molar refractivity (Wildman–Crippen MR) is 65.3 cm³/mol. The van der Waals surface area contributed by atoms with Gasteiger partial charge in [0.15, 0.2) is 5.75 Å². The van der Waals surface area contributed by atoms with E-state index >= 15 is 0 Å². The maximum absolute atomic E-state index is 12.1. The predicted octanol–water partition coefficient (Wildman–Crippen LogP) is 3.49. The molecule has 0 N–H and O–H groups in total. The topological polar surface area (TPSA) is 68.6 Å². The van der Waals surface area contributed by atoms with Crippen molar-refractivity contribution in [2.45, 2.75) is 20.8 Å². The van der Waals surface area contributed by atoms with E-state index in [9.17, 15) is 4.57 Å². The van der Waals surface area contributed by atoms with Crippen molar-refractivity contribution in [2.75, 3.05) is 13.2 Å². The van der Waals surface area contributed by atoms with Crippen LogP contribution in [0.2, 0.25) is 0 Å². The Morgan fingerprint density at radius 1 is 1.41 bits per heavy atom. The molecule has 0 aliphatic heterocycles. The Bertz CT molecular complexity index is 455. The van der Waals surface area contributed by atoms with Gasteiger partial charge >= 0.3 is 7.82 Å². The minimum absolute atomic E-state index is 0.211. The number of phosphoric ester groups is 1. The third-order valence-corrected chi connectivity index (χ3v) is 4.21. The van der Waals surface area contributed by atoms with Gasteiger partial charge < -0.3 is 4.52 Å². The molecule has 17 heavy (non-hydrogen) atoms. The Hall–Kier alpha value is -0.860. The summed E-state index contributed by atoms with van der Waals surface area (Å²) in [6.45, 7) is 5.65. The molecule has 0 bridgehead atoms. The van der Waals surface area contributed by atoms with Gasteiger partial charge in [-0.05, 0) is 26.8 Å². The zero-order valence-electron chi connectivity index (χ0n) is 9.93. The monoisotopic (exact) mass is 275 g/mol. The fraction of sp³-hybridized carbons (Fsp3) is 0.500. The average Bonchev–Trinajstić information content (AvgIpc) is 2.58. The first kappa shape index (κ1) is 14.2. The van der Waals surface area contributed by atoms with Gasteiger partial charge in [0.05, 0.1) is 13.2 Å². The largest absolute Gasteiger partial charge is 0.530 e. The highest BCUT2D eigenvalue weighted by Crippen LogP contribution is 2.50. The number of hydrogen-bond donors (Lipinski definition) is 0. The van der Waals surface area contributed by atoms with Crippen LogP contribution in [0, 0.1) is 18.3 Å². The molecule has 0 aliphatic rings. The molecule has 0 radical (unpaired) electrons. The van der Waals surface area contributed by atoms with E-state index in [0.29, 0.717) is 4.88 Å². The van der Waals surface area contributed by atoms with Crippen molar-refractivity contribution in [1.29, 1.82) is 5.26 Å². The lowest BCUT2D eigenvalue weighted by molar-refractivity contribution is 0.167. The molecule has 1 aromatic rings. The van der Waals surface area contributed by atoms with Gasteiger partial charge in [-0.15, -0.1) is 11.3 Å². The van der Waals surface area contributed by atoms with E-state index in [4.69, 9.17) is 18.8 Å². The first-order valence-electron chi connectivity index (χ1n) is 5.14. The SMILES string of the molecule is CCOP(=O)(OCC)Oc1cc(C)sc1C#N. The third-order valence-electron chi connectivity index (χ3n) is 1.71. The summed E-state index contributed by atoms with van der Waals surface area (Å²) in [5, 5.41) is 8.90. The Kier molecular flexibility index (Phi) is 5.16. The van der Waals surface area contributed by atoms with E-state index in [2.05, 4.69) is 0 Å². The van der Waals surface area contributed by atoms with Crippen LogP contribution in [-0.4, -0.2) is 13.2 Å². The Morgan fingerprint density at radius 3 is 2.47 bits per heavy atom. The standard InChI is InChI=1S/C10H14NO4PS/c1-4-13-16(12,14-5-2)15-9-6-8(3)17-10(9)7-11/h6H,4-5H2,1-3H3. The van der Waals surface area contributed by atoms with Crippen molar-refractivity contribution in [2.24, 2.45) is 0 Å². The molecular weight excluding hydrogens is 261 g/mol. The quantitative estimate of drug-likeness (QED) is 0.743. The van der Waals surface area contributed by atoms with Crippen molar-refractivity contribution >= 4 is 19.2 Å². The maximum atomic E-state index is 12.1. The van der Waals surface area contributed by atoms with Crippen LogP contribution in [0.4, 0.5) is 0 Å². The number of nitrogens with zero attached hydrogens (tertiary/aromatic N) is 1. The molecule has 0 spiro atoms. The minimum Gasteiger partial charge on any atom is -0.402 e. The average molecular weight is 275 g/mol. The van der Waals surface area contributed by atoms with Crippen LogP contribution in [0.15, 0.2) is 6.07 Å². The molecule has 0 atom stereocenters. The zero-order chi connectivity index (χ0) is 12.9. The van der Waals surface area contributed by atoms with Crippen molar-refractivity contribution in [3.63, 3.8) is 0 Å².